The maximum absolute atomic E-state index is 14.4. The van der Waals surface area contributed by atoms with Crippen LogP contribution in [0.3, 0.4) is 0 Å². The Balaban J connectivity index is 3.60. The van der Waals surface area contributed by atoms with E-state index in [-0.39, 0.29) is 24.4 Å². The highest BCUT2D eigenvalue weighted by atomic mass is 32.2. The van der Waals surface area contributed by atoms with E-state index in [4.69, 9.17) is 13.7 Å². The lowest BCUT2D eigenvalue weighted by Gasteiger charge is -2.29. The summed E-state index contributed by atoms with van der Waals surface area (Å²) >= 11 is 0. The molecular formula is C20H25F2NO8S. The summed E-state index contributed by atoms with van der Waals surface area (Å²) in [6.07, 6.45) is 1.21. The minimum atomic E-state index is -3.98. The van der Waals surface area contributed by atoms with Gasteiger partial charge in [-0.3, -0.25) is 8.98 Å². The molecule has 0 aromatic heterocycles. The largest absolute Gasteiger partial charge is 0.464 e. The van der Waals surface area contributed by atoms with Gasteiger partial charge in [0.1, 0.15) is 0 Å². The molecule has 1 aromatic rings. The highest BCUT2D eigenvalue weighted by Crippen LogP contribution is 2.25. The first-order chi connectivity index (χ1) is 14.9. The maximum atomic E-state index is 14.4. The molecule has 0 aliphatic heterocycles. The standard InChI is InChI=1S/C20H25F2NO8S/c1-5-29-18(25)20(23-13(3)24,19(26)30-6-2)11-10-14(12-31-32(4,27)28)15-8-7-9-16(21)17(15)22/h7-10H,5-6,11-12H2,1-4H3,(H,23,24). The molecule has 1 amide bonds. The lowest BCUT2D eigenvalue weighted by Crippen LogP contribution is -2.60. The van der Waals surface area contributed by atoms with E-state index in [2.05, 4.69) is 5.32 Å². The predicted octanol–water partition coefficient (Wildman–Crippen LogP) is 1.72. The van der Waals surface area contributed by atoms with Crippen molar-refractivity contribution in [3.8, 4) is 0 Å². The predicted molar refractivity (Wildman–Crippen MR) is 110 cm³/mol. The summed E-state index contributed by atoms with van der Waals surface area (Å²) in [6, 6.07) is 3.19. The molecule has 0 saturated carbocycles. The topological polar surface area (TPSA) is 125 Å². The average Bonchev–Trinajstić information content (AvgIpc) is 2.68. The number of benzene rings is 1. The molecule has 178 valence electrons. The van der Waals surface area contributed by atoms with Crippen LogP contribution in [0.1, 0.15) is 32.8 Å². The molecular weight excluding hydrogens is 452 g/mol. The van der Waals surface area contributed by atoms with Gasteiger partial charge in [-0.25, -0.2) is 18.4 Å². The highest BCUT2D eigenvalue weighted by molar-refractivity contribution is 7.86. The quantitative estimate of drug-likeness (QED) is 0.290. The second kappa shape index (κ2) is 11.7. The minimum Gasteiger partial charge on any atom is -0.464 e. The van der Waals surface area contributed by atoms with Crippen LogP contribution in [0.5, 0.6) is 0 Å². The molecule has 12 heteroatoms. The van der Waals surface area contributed by atoms with Crippen molar-refractivity contribution in [3.05, 3.63) is 41.5 Å². The van der Waals surface area contributed by atoms with Crippen LogP contribution in [0, 0.1) is 11.6 Å². The monoisotopic (exact) mass is 477 g/mol. The summed E-state index contributed by atoms with van der Waals surface area (Å²) in [5, 5.41) is 2.21. The summed E-state index contributed by atoms with van der Waals surface area (Å²) in [5.74, 6) is -5.57. The molecule has 0 fully saturated rings. The molecule has 0 spiro atoms. The number of carbonyl (C=O) groups is 3. The fraction of sp³-hybridized carbons (Fsp3) is 0.450. The zero-order valence-corrected chi connectivity index (χ0v) is 18.9. The second-order valence-corrected chi connectivity index (χ2v) is 8.17. The van der Waals surface area contributed by atoms with Gasteiger partial charge in [-0.05, 0) is 25.5 Å². The number of ether oxygens (including phenoxy) is 2. The fourth-order valence-corrected chi connectivity index (χ4v) is 3.00. The van der Waals surface area contributed by atoms with Gasteiger partial charge in [-0.2, -0.15) is 8.42 Å². The van der Waals surface area contributed by atoms with Crippen molar-refractivity contribution < 1.29 is 45.2 Å². The first-order valence-corrected chi connectivity index (χ1v) is 11.3. The fourth-order valence-electron chi connectivity index (χ4n) is 2.66. The Morgan fingerprint density at radius 1 is 1.09 bits per heavy atom. The van der Waals surface area contributed by atoms with Crippen LogP contribution in [-0.4, -0.2) is 57.9 Å². The van der Waals surface area contributed by atoms with Gasteiger partial charge in [-0.1, -0.05) is 18.2 Å². The lowest BCUT2D eigenvalue weighted by atomic mass is 9.92. The molecule has 9 nitrogen and oxygen atoms in total. The Kier molecular flexibility index (Phi) is 9.91. The van der Waals surface area contributed by atoms with E-state index < -0.39 is 58.2 Å². The van der Waals surface area contributed by atoms with E-state index in [0.29, 0.717) is 0 Å². The normalized spacial score (nSPS) is 12.2. The van der Waals surface area contributed by atoms with Crippen LogP contribution in [0.2, 0.25) is 0 Å². The van der Waals surface area contributed by atoms with Gasteiger partial charge in [0.25, 0.3) is 10.1 Å². The van der Waals surface area contributed by atoms with Gasteiger partial charge in [0.2, 0.25) is 11.4 Å². The molecule has 0 saturated heterocycles. The Morgan fingerprint density at radius 2 is 1.66 bits per heavy atom. The zero-order valence-electron chi connectivity index (χ0n) is 18.1. The Morgan fingerprint density at radius 3 is 2.12 bits per heavy atom. The smallest absolute Gasteiger partial charge is 0.344 e. The summed E-state index contributed by atoms with van der Waals surface area (Å²) in [5.41, 5.74) is -2.91. The Hall–Kier alpha value is -2.86. The van der Waals surface area contributed by atoms with Crippen molar-refractivity contribution in [3.63, 3.8) is 0 Å². The Bertz CT molecular complexity index is 973. The van der Waals surface area contributed by atoms with E-state index in [1.54, 1.807) is 0 Å². The van der Waals surface area contributed by atoms with Crippen molar-refractivity contribution in [1.29, 1.82) is 0 Å². The van der Waals surface area contributed by atoms with Crippen LogP contribution in [0.25, 0.3) is 5.57 Å². The van der Waals surface area contributed by atoms with Gasteiger partial charge in [-0.15, -0.1) is 0 Å². The van der Waals surface area contributed by atoms with Crippen LogP contribution in [-0.2, 0) is 38.2 Å². The van der Waals surface area contributed by atoms with Gasteiger partial charge in [0.05, 0.1) is 26.1 Å². The van der Waals surface area contributed by atoms with E-state index in [1.807, 2.05) is 0 Å². The molecule has 0 heterocycles. The van der Waals surface area contributed by atoms with Crippen LogP contribution >= 0.6 is 0 Å². The third-order valence-corrected chi connectivity index (χ3v) is 4.56. The van der Waals surface area contributed by atoms with Crippen LogP contribution in [0.4, 0.5) is 8.78 Å². The first kappa shape index (κ1) is 27.2. The molecule has 1 N–H and O–H groups in total. The van der Waals surface area contributed by atoms with Crippen molar-refractivity contribution in [2.75, 3.05) is 26.1 Å². The molecule has 32 heavy (non-hydrogen) atoms. The molecule has 0 aliphatic rings. The zero-order chi connectivity index (χ0) is 24.5. The number of amides is 1. The van der Waals surface area contributed by atoms with E-state index >= 15 is 0 Å². The lowest BCUT2D eigenvalue weighted by molar-refractivity contribution is -0.167. The number of carbonyl (C=O) groups excluding carboxylic acids is 3. The SMILES string of the molecule is CCOC(=O)C(CC=C(COS(C)(=O)=O)c1cccc(F)c1F)(NC(C)=O)C(=O)OCC. The van der Waals surface area contributed by atoms with E-state index in [1.165, 1.54) is 19.9 Å². The third-order valence-electron chi connectivity index (χ3n) is 4.02. The van der Waals surface area contributed by atoms with Gasteiger partial charge >= 0.3 is 11.9 Å². The van der Waals surface area contributed by atoms with Crippen molar-refractivity contribution >= 4 is 33.5 Å². The van der Waals surface area contributed by atoms with Gasteiger partial charge in [0.15, 0.2) is 11.6 Å². The van der Waals surface area contributed by atoms with Crippen molar-refractivity contribution in [2.45, 2.75) is 32.7 Å². The molecule has 0 atom stereocenters. The number of rotatable bonds is 11. The third kappa shape index (κ3) is 7.38. The number of hydrogen-bond donors (Lipinski definition) is 1. The van der Waals surface area contributed by atoms with Crippen LogP contribution in [0.15, 0.2) is 24.3 Å². The number of nitrogens with one attached hydrogen (secondary N) is 1. The summed E-state index contributed by atoms with van der Waals surface area (Å²) in [4.78, 5) is 37.1. The maximum Gasteiger partial charge on any atom is 0.344 e. The molecule has 1 aromatic carbocycles. The molecule has 0 bridgehead atoms. The number of esters is 2. The molecule has 0 unspecified atom stereocenters. The van der Waals surface area contributed by atoms with E-state index in [0.717, 1.165) is 31.4 Å². The summed E-state index contributed by atoms with van der Waals surface area (Å²) in [6.45, 7) is 3.01. The summed E-state index contributed by atoms with van der Waals surface area (Å²) < 4.78 is 65.5. The van der Waals surface area contributed by atoms with Crippen LogP contribution < -0.4 is 5.32 Å². The molecule has 0 radical (unpaired) electrons. The van der Waals surface area contributed by atoms with E-state index in [9.17, 15) is 31.6 Å². The Labute approximate surface area is 184 Å². The number of halogens is 2. The second-order valence-electron chi connectivity index (χ2n) is 6.53. The summed E-state index contributed by atoms with van der Waals surface area (Å²) in [7, 11) is -3.98. The van der Waals surface area contributed by atoms with Crippen molar-refractivity contribution in [2.24, 2.45) is 0 Å². The molecule has 1 rings (SSSR count). The van der Waals surface area contributed by atoms with Gasteiger partial charge in [0, 0.05) is 18.9 Å². The average molecular weight is 477 g/mol. The highest BCUT2D eigenvalue weighted by Gasteiger charge is 2.49. The minimum absolute atomic E-state index is 0.133. The first-order valence-electron chi connectivity index (χ1n) is 9.49. The number of hydrogen-bond acceptors (Lipinski definition) is 8. The van der Waals surface area contributed by atoms with Gasteiger partial charge < -0.3 is 14.8 Å². The van der Waals surface area contributed by atoms with Crippen molar-refractivity contribution in [1.82, 2.24) is 5.32 Å². The molecule has 0 aliphatic carbocycles.